The first-order chi connectivity index (χ1) is 20.5. The summed E-state index contributed by atoms with van der Waals surface area (Å²) in [6, 6.07) is 30.2. The largest absolute Gasteiger partial charge is 0.496 e. The molecule has 0 saturated carbocycles. The SMILES string of the molecule is CCOc1ccc(NC(=O)N2CC(c3ccccc3OC)C(C(=O)c3ccccc3)C23C(=O)Nc2ccccc23)cc1. The maximum atomic E-state index is 14.6. The van der Waals surface area contributed by atoms with Gasteiger partial charge in [-0.05, 0) is 48.9 Å². The number of amides is 3. The number of ketones is 1. The van der Waals surface area contributed by atoms with Crippen LogP contribution in [0.5, 0.6) is 11.5 Å². The molecular weight excluding hydrogens is 530 g/mol. The monoisotopic (exact) mass is 561 g/mol. The van der Waals surface area contributed by atoms with E-state index in [0.29, 0.717) is 40.6 Å². The highest BCUT2D eigenvalue weighted by Crippen LogP contribution is 2.57. The molecule has 42 heavy (non-hydrogen) atoms. The number of methoxy groups -OCH3 is 1. The van der Waals surface area contributed by atoms with Crippen LogP contribution in [0.4, 0.5) is 16.2 Å². The van der Waals surface area contributed by atoms with E-state index in [1.165, 1.54) is 4.90 Å². The molecule has 0 bridgehead atoms. The van der Waals surface area contributed by atoms with Crippen LogP contribution < -0.4 is 20.1 Å². The van der Waals surface area contributed by atoms with Crippen molar-refractivity contribution in [2.45, 2.75) is 18.4 Å². The molecule has 8 heteroatoms. The minimum Gasteiger partial charge on any atom is -0.496 e. The summed E-state index contributed by atoms with van der Waals surface area (Å²) in [5.74, 6) is -0.860. The number of urea groups is 1. The number of para-hydroxylation sites is 2. The van der Waals surface area contributed by atoms with E-state index < -0.39 is 29.3 Å². The number of fused-ring (bicyclic) bond motifs is 2. The van der Waals surface area contributed by atoms with Gasteiger partial charge in [-0.3, -0.25) is 9.59 Å². The molecule has 2 heterocycles. The first-order valence-corrected chi connectivity index (χ1v) is 13.9. The smallest absolute Gasteiger partial charge is 0.323 e. The number of carbonyl (C=O) groups excluding carboxylic acids is 3. The molecule has 0 aliphatic carbocycles. The van der Waals surface area contributed by atoms with Crippen molar-refractivity contribution in [3.8, 4) is 11.5 Å². The summed E-state index contributed by atoms with van der Waals surface area (Å²) in [6.07, 6.45) is 0. The Morgan fingerprint density at radius 1 is 0.929 bits per heavy atom. The molecule has 8 nitrogen and oxygen atoms in total. The normalized spacial score (nSPS) is 20.6. The standard InChI is InChI=1S/C34H31N3O5/c1-3-42-24-19-17-23(18-20-24)35-33(40)37-21-26(25-13-7-10-16-29(25)41-2)30(31(38)22-11-5-4-6-12-22)34(37)27-14-8-9-15-28(27)36-32(34)39/h4-20,26,30H,3,21H2,1-2H3,(H,35,40)(H,36,39). The number of nitrogens with zero attached hydrogens (tertiary/aromatic N) is 1. The number of nitrogens with one attached hydrogen (secondary N) is 2. The van der Waals surface area contributed by atoms with Gasteiger partial charge in [-0.15, -0.1) is 0 Å². The highest BCUT2D eigenvalue weighted by atomic mass is 16.5. The maximum absolute atomic E-state index is 14.6. The molecule has 212 valence electrons. The second kappa shape index (κ2) is 11.0. The number of hydrogen-bond donors (Lipinski definition) is 2. The summed E-state index contributed by atoms with van der Waals surface area (Å²) in [5.41, 5.74) is 1.31. The minimum absolute atomic E-state index is 0.105. The Kier molecular flexibility index (Phi) is 7.12. The van der Waals surface area contributed by atoms with Crippen LogP contribution in [-0.4, -0.2) is 42.9 Å². The molecule has 3 unspecified atom stereocenters. The molecule has 2 N–H and O–H groups in total. The Labute approximate surface area is 244 Å². The average Bonchev–Trinajstić information content (AvgIpc) is 3.53. The molecule has 1 fully saturated rings. The van der Waals surface area contributed by atoms with Gasteiger partial charge in [-0.2, -0.15) is 0 Å². The maximum Gasteiger partial charge on any atom is 0.323 e. The molecule has 0 radical (unpaired) electrons. The topological polar surface area (TPSA) is 97.0 Å². The van der Waals surface area contributed by atoms with Crippen LogP contribution in [0.3, 0.4) is 0 Å². The number of hydrogen-bond acceptors (Lipinski definition) is 5. The lowest BCUT2D eigenvalue weighted by atomic mass is 9.70. The fourth-order valence-corrected chi connectivity index (χ4v) is 6.39. The Bertz CT molecular complexity index is 1640. The Morgan fingerprint density at radius 3 is 2.36 bits per heavy atom. The van der Waals surface area contributed by atoms with Gasteiger partial charge in [-0.1, -0.05) is 66.7 Å². The van der Waals surface area contributed by atoms with Gasteiger partial charge in [0.1, 0.15) is 11.5 Å². The van der Waals surface area contributed by atoms with Crippen LogP contribution in [-0.2, 0) is 10.3 Å². The third-order valence-corrected chi connectivity index (χ3v) is 8.13. The summed E-state index contributed by atoms with van der Waals surface area (Å²) in [7, 11) is 1.57. The fourth-order valence-electron chi connectivity index (χ4n) is 6.39. The van der Waals surface area contributed by atoms with Crippen molar-refractivity contribution in [1.29, 1.82) is 0 Å². The lowest BCUT2D eigenvalue weighted by Crippen LogP contribution is -2.55. The molecule has 0 aromatic heterocycles. The molecule has 6 rings (SSSR count). The fraction of sp³-hybridized carbons (Fsp3) is 0.206. The van der Waals surface area contributed by atoms with Crippen LogP contribution >= 0.6 is 0 Å². The van der Waals surface area contributed by atoms with Gasteiger partial charge in [0.2, 0.25) is 0 Å². The quantitative estimate of drug-likeness (QED) is 0.267. The van der Waals surface area contributed by atoms with Gasteiger partial charge >= 0.3 is 6.03 Å². The lowest BCUT2D eigenvalue weighted by molar-refractivity contribution is -0.126. The van der Waals surface area contributed by atoms with Crippen molar-refractivity contribution in [2.75, 3.05) is 30.9 Å². The molecule has 3 amide bonds. The predicted octanol–water partition coefficient (Wildman–Crippen LogP) is 6.07. The van der Waals surface area contributed by atoms with Gasteiger partial charge in [0.15, 0.2) is 11.3 Å². The molecule has 4 aromatic carbocycles. The van der Waals surface area contributed by atoms with Crippen molar-refractivity contribution in [3.63, 3.8) is 0 Å². The zero-order chi connectivity index (χ0) is 29.3. The van der Waals surface area contributed by atoms with E-state index in [1.807, 2.05) is 55.5 Å². The van der Waals surface area contributed by atoms with Crippen molar-refractivity contribution in [2.24, 2.45) is 5.92 Å². The van der Waals surface area contributed by atoms with Crippen molar-refractivity contribution in [1.82, 2.24) is 4.90 Å². The Morgan fingerprint density at radius 2 is 1.62 bits per heavy atom. The number of anilines is 2. The second-order valence-electron chi connectivity index (χ2n) is 10.3. The third kappa shape index (κ3) is 4.36. The summed E-state index contributed by atoms with van der Waals surface area (Å²) in [6.45, 7) is 2.53. The number of carbonyl (C=O) groups is 3. The summed E-state index contributed by atoms with van der Waals surface area (Å²) >= 11 is 0. The summed E-state index contributed by atoms with van der Waals surface area (Å²) in [4.78, 5) is 44.6. The Hall–Kier alpha value is -5.11. The average molecular weight is 562 g/mol. The molecule has 2 aliphatic heterocycles. The number of Topliss-reactive ketones (excluding diaryl/α,β-unsaturated/α-hetero) is 1. The predicted molar refractivity (Wildman–Crippen MR) is 160 cm³/mol. The first kappa shape index (κ1) is 27.1. The summed E-state index contributed by atoms with van der Waals surface area (Å²) in [5, 5.41) is 5.94. The zero-order valence-corrected chi connectivity index (χ0v) is 23.4. The molecule has 1 saturated heterocycles. The summed E-state index contributed by atoms with van der Waals surface area (Å²) < 4.78 is 11.3. The zero-order valence-electron chi connectivity index (χ0n) is 23.4. The number of benzene rings is 4. The van der Waals surface area contributed by atoms with E-state index in [2.05, 4.69) is 10.6 Å². The van der Waals surface area contributed by atoms with Crippen LogP contribution in [0.1, 0.15) is 34.3 Å². The second-order valence-corrected chi connectivity index (χ2v) is 10.3. The molecular formula is C34H31N3O5. The minimum atomic E-state index is -1.61. The van der Waals surface area contributed by atoms with Crippen molar-refractivity contribution in [3.05, 3.63) is 120 Å². The number of ether oxygens (including phenoxy) is 2. The first-order valence-electron chi connectivity index (χ1n) is 13.9. The highest BCUT2D eigenvalue weighted by molar-refractivity contribution is 6.14. The number of rotatable bonds is 7. The van der Waals surface area contributed by atoms with Gasteiger partial charge < -0.3 is 25.0 Å². The van der Waals surface area contributed by atoms with E-state index in [4.69, 9.17) is 9.47 Å². The van der Waals surface area contributed by atoms with E-state index in [1.54, 1.807) is 61.7 Å². The van der Waals surface area contributed by atoms with Crippen molar-refractivity contribution < 1.29 is 23.9 Å². The molecule has 3 atom stereocenters. The molecule has 2 aliphatic rings. The van der Waals surface area contributed by atoms with E-state index >= 15 is 0 Å². The van der Waals surface area contributed by atoms with Crippen LogP contribution in [0.25, 0.3) is 0 Å². The molecule has 1 spiro atoms. The highest BCUT2D eigenvalue weighted by Gasteiger charge is 2.67. The van der Waals surface area contributed by atoms with E-state index in [0.717, 1.165) is 5.56 Å². The Balaban J connectivity index is 1.53. The van der Waals surface area contributed by atoms with Crippen LogP contribution in [0, 0.1) is 5.92 Å². The van der Waals surface area contributed by atoms with Gasteiger partial charge in [0.05, 0.1) is 19.6 Å². The van der Waals surface area contributed by atoms with Crippen LogP contribution in [0.2, 0.25) is 0 Å². The van der Waals surface area contributed by atoms with Crippen LogP contribution in [0.15, 0.2) is 103 Å². The van der Waals surface area contributed by atoms with Crippen molar-refractivity contribution >= 4 is 29.1 Å². The number of likely N-dealkylation sites (tertiary alicyclic amines) is 1. The van der Waals surface area contributed by atoms with Gasteiger partial charge in [0.25, 0.3) is 5.91 Å². The van der Waals surface area contributed by atoms with E-state index in [-0.39, 0.29) is 12.3 Å². The lowest BCUT2D eigenvalue weighted by Gasteiger charge is -2.37. The van der Waals surface area contributed by atoms with Gasteiger partial charge in [-0.25, -0.2) is 4.79 Å². The third-order valence-electron chi connectivity index (χ3n) is 8.13. The molecule has 4 aromatic rings. The van der Waals surface area contributed by atoms with E-state index in [9.17, 15) is 14.4 Å². The van der Waals surface area contributed by atoms with Gasteiger partial charge in [0, 0.05) is 35.0 Å².